The van der Waals surface area contributed by atoms with Gasteiger partial charge in [-0.2, -0.15) is 0 Å². The van der Waals surface area contributed by atoms with Crippen LogP contribution in [0.1, 0.15) is 34.5 Å². The molecule has 21 heavy (non-hydrogen) atoms. The van der Waals surface area contributed by atoms with Crippen LogP contribution in [0.2, 0.25) is 0 Å². The molecule has 0 aliphatic rings. The largest absolute Gasteiger partial charge is 0.326 e. The number of aryl methyl sites for hydroxylation is 1. The Hall–Kier alpha value is -0.730. The van der Waals surface area contributed by atoms with Gasteiger partial charge in [0.05, 0.1) is 10.9 Å². The summed E-state index contributed by atoms with van der Waals surface area (Å²) in [5.41, 5.74) is 5.60. The first-order valence-corrected chi connectivity index (χ1v) is 9.88. The van der Waals surface area contributed by atoms with Crippen molar-refractivity contribution in [1.82, 2.24) is 4.72 Å². The van der Waals surface area contributed by atoms with Gasteiger partial charge in [0.15, 0.2) is 0 Å². The monoisotopic (exact) mass is 344 g/mol. The van der Waals surface area contributed by atoms with Crippen LogP contribution in [0.4, 0.5) is 0 Å². The Labute approximate surface area is 134 Å². The molecule has 0 saturated carbocycles. The SMILES string of the molecule is Cc1sc(CN)cc1S(=O)(=O)NC(c1cccs1)C(C)C. The van der Waals surface area contributed by atoms with Crippen LogP contribution in [0.15, 0.2) is 28.5 Å². The normalized spacial score (nSPS) is 13.8. The molecule has 0 aromatic carbocycles. The van der Waals surface area contributed by atoms with Gasteiger partial charge < -0.3 is 5.73 Å². The van der Waals surface area contributed by atoms with Crippen LogP contribution in [-0.2, 0) is 16.6 Å². The summed E-state index contributed by atoms with van der Waals surface area (Å²) in [5, 5.41) is 1.96. The highest BCUT2D eigenvalue weighted by Crippen LogP contribution is 2.30. The molecule has 0 aliphatic carbocycles. The van der Waals surface area contributed by atoms with Crippen molar-refractivity contribution < 1.29 is 8.42 Å². The van der Waals surface area contributed by atoms with Gasteiger partial charge in [0.2, 0.25) is 10.0 Å². The molecule has 4 nitrogen and oxygen atoms in total. The van der Waals surface area contributed by atoms with Crippen LogP contribution in [0.5, 0.6) is 0 Å². The Kier molecular flexibility index (Phi) is 5.21. The minimum absolute atomic E-state index is 0.173. The van der Waals surface area contributed by atoms with E-state index in [4.69, 9.17) is 5.73 Å². The van der Waals surface area contributed by atoms with Crippen LogP contribution in [0.25, 0.3) is 0 Å². The van der Waals surface area contributed by atoms with E-state index < -0.39 is 10.0 Å². The highest BCUT2D eigenvalue weighted by molar-refractivity contribution is 7.89. The van der Waals surface area contributed by atoms with Gasteiger partial charge in [0, 0.05) is 21.2 Å². The van der Waals surface area contributed by atoms with Crippen LogP contribution < -0.4 is 10.5 Å². The molecule has 0 radical (unpaired) electrons. The number of sulfonamides is 1. The topological polar surface area (TPSA) is 72.2 Å². The molecule has 3 N–H and O–H groups in total. The lowest BCUT2D eigenvalue weighted by atomic mass is 10.0. The molecule has 1 atom stereocenters. The summed E-state index contributed by atoms with van der Waals surface area (Å²) in [7, 11) is -3.54. The van der Waals surface area contributed by atoms with Gasteiger partial charge in [-0.05, 0) is 30.4 Å². The quantitative estimate of drug-likeness (QED) is 0.845. The third kappa shape index (κ3) is 3.73. The summed E-state index contributed by atoms with van der Waals surface area (Å²) in [6.07, 6.45) is 0. The average Bonchev–Trinajstić information content (AvgIpc) is 3.04. The standard InChI is InChI=1S/C14H20N2O2S3/c1-9(2)14(12-5-4-6-19-12)16-21(17,18)13-7-11(8-15)20-10(13)3/h4-7,9,14,16H,8,15H2,1-3H3. The number of nitrogens with one attached hydrogen (secondary N) is 1. The van der Waals surface area contributed by atoms with E-state index in [9.17, 15) is 8.42 Å². The van der Waals surface area contributed by atoms with Gasteiger partial charge in [-0.3, -0.25) is 0 Å². The van der Waals surface area contributed by atoms with Gasteiger partial charge >= 0.3 is 0 Å². The maximum absolute atomic E-state index is 12.7. The molecule has 0 fully saturated rings. The second kappa shape index (κ2) is 6.58. The van der Waals surface area contributed by atoms with E-state index in [2.05, 4.69) is 4.72 Å². The lowest BCUT2D eigenvalue weighted by Gasteiger charge is -2.21. The summed E-state index contributed by atoms with van der Waals surface area (Å²) in [4.78, 5) is 3.03. The first-order chi connectivity index (χ1) is 9.85. The van der Waals surface area contributed by atoms with Crippen LogP contribution in [0, 0.1) is 12.8 Å². The first kappa shape index (κ1) is 16.6. The molecule has 0 saturated heterocycles. The molecule has 2 rings (SSSR count). The smallest absolute Gasteiger partial charge is 0.242 e. The predicted octanol–water partition coefficient (Wildman–Crippen LogP) is 3.25. The Bertz CT molecular complexity index is 688. The lowest BCUT2D eigenvalue weighted by molar-refractivity contribution is 0.469. The number of hydrogen-bond donors (Lipinski definition) is 2. The molecule has 2 heterocycles. The summed E-state index contributed by atoms with van der Waals surface area (Å²) in [6, 6.07) is 5.36. The zero-order valence-electron chi connectivity index (χ0n) is 12.3. The van der Waals surface area contributed by atoms with Crippen molar-refractivity contribution in [1.29, 1.82) is 0 Å². The van der Waals surface area contributed by atoms with Gasteiger partial charge in [-0.15, -0.1) is 22.7 Å². The van der Waals surface area contributed by atoms with Crippen LogP contribution in [0.3, 0.4) is 0 Å². The van der Waals surface area contributed by atoms with Crippen molar-refractivity contribution in [3.8, 4) is 0 Å². The highest BCUT2D eigenvalue weighted by atomic mass is 32.2. The number of thiophene rings is 2. The van der Waals surface area contributed by atoms with E-state index >= 15 is 0 Å². The van der Waals surface area contributed by atoms with Crippen molar-refractivity contribution in [3.05, 3.63) is 38.2 Å². The maximum Gasteiger partial charge on any atom is 0.242 e. The minimum Gasteiger partial charge on any atom is -0.326 e. The summed E-state index contributed by atoms with van der Waals surface area (Å²) >= 11 is 3.00. The molecular formula is C14H20N2O2S3. The highest BCUT2D eigenvalue weighted by Gasteiger charge is 2.26. The Morgan fingerprint density at radius 2 is 2.10 bits per heavy atom. The fraction of sp³-hybridized carbons (Fsp3) is 0.429. The first-order valence-electron chi connectivity index (χ1n) is 6.70. The molecule has 0 spiro atoms. The van der Waals surface area contributed by atoms with Gasteiger partial charge in [-0.25, -0.2) is 13.1 Å². The summed E-state index contributed by atoms with van der Waals surface area (Å²) in [6.45, 7) is 6.20. The molecule has 2 aromatic rings. The number of hydrogen-bond acceptors (Lipinski definition) is 5. The zero-order chi connectivity index (χ0) is 15.6. The summed E-state index contributed by atoms with van der Waals surface area (Å²) in [5.74, 6) is 0.173. The molecule has 7 heteroatoms. The van der Waals surface area contributed by atoms with E-state index in [0.717, 1.165) is 14.6 Å². The van der Waals surface area contributed by atoms with Crippen LogP contribution >= 0.6 is 22.7 Å². The van der Waals surface area contributed by atoms with Gasteiger partial charge in [0.1, 0.15) is 0 Å². The van der Waals surface area contributed by atoms with Crippen molar-refractivity contribution in [2.45, 2.75) is 38.3 Å². The summed E-state index contributed by atoms with van der Waals surface area (Å²) < 4.78 is 28.1. The molecule has 1 unspecified atom stereocenters. The number of rotatable bonds is 6. The third-order valence-electron chi connectivity index (χ3n) is 3.21. The van der Waals surface area contributed by atoms with Crippen molar-refractivity contribution in [3.63, 3.8) is 0 Å². The van der Waals surface area contributed by atoms with Crippen molar-refractivity contribution in [2.75, 3.05) is 0 Å². The van der Waals surface area contributed by atoms with Crippen LogP contribution in [-0.4, -0.2) is 8.42 Å². The average molecular weight is 345 g/mol. The Morgan fingerprint density at radius 3 is 2.57 bits per heavy atom. The Balaban J connectivity index is 2.32. The Morgan fingerprint density at radius 1 is 1.38 bits per heavy atom. The third-order valence-corrected chi connectivity index (χ3v) is 6.94. The van der Waals surface area contributed by atoms with E-state index in [-0.39, 0.29) is 12.0 Å². The molecular weight excluding hydrogens is 324 g/mol. The maximum atomic E-state index is 12.7. The second-order valence-electron chi connectivity index (χ2n) is 5.20. The van der Waals surface area contributed by atoms with E-state index in [1.165, 1.54) is 11.3 Å². The lowest BCUT2D eigenvalue weighted by Crippen LogP contribution is -2.31. The van der Waals surface area contributed by atoms with Crippen molar-refractivity contribution in [2.24, 2.45) is 11.7 Å². The fourth-order valence-electron chi connectivity index (χ4n) is 2.11. The number of nitrogens with two attached hydrogens (primary N) is 1. The molecule has 0 bridgehead atoms. The second-order valence-corrected chi connectivity index (χ2v) is 9.20. The van der Waals surface area contributed by atoms with E-state index in [1.807, 2.05) is 38.3 Å². The fourth-order valence-corrected chi connectivity index (χ4v) is 6.01. The zero-order valence-corrected chi connectivity index (χ0v) is 14.7. The molecule has 116 valence electrons. The van der Waals surface area contributed by atoms with E-state index in [1.54, 1.807) is 17.4 Å². The minimum atomic E-state index is -3.54. The van der Waals surface area contributed by atoms with Gasteiger partial charge in [0.25, 0.3) is 0 Å². The molecule has 0 aliphatic heterocycles. The predicted molar refractivity (Wildman–Crippen MR) is 89.2 cm³/mol. The molecule has 0 amide bonds. The van der Waals surface area contributed by atoms with E-state index in [0.29, 0.717) is 11.4 Å². The molecule has 2 aromatic heterocycles. The van der Waals surface area contributed by atoms with Crippen molar-refractivity contribution >= 4 is 32.7 Å². The van der Waals surface area contributed by atoms with Gasteiger partial charge in [-0.1, -0.05) is 19.9 Å².